The normalized spacial score (nSPS) is 15.8. The van der Waals surface area contributed by atoms with Crippen molar-refractivity contribution in [1.82, 2.24) is 30.0 Å². The number of rotatable bonds is 6. The van der Waals surface area contributed by atoms with Crippen molar-refractivity contribution in [3.05, 3.63) is 29.0 Å². The van der Waals surface area contributed by atoms with Crippen LogP contribution in [-0.4, -0.2) is 75.7 Å². The van der Waals surface area contributed by atoms with Crippen LogP contribution in [0.2, 0.25) is 0 Å². The third kappa shape index (κ3) is 4.46. The van der Waals surface area contributed by atoms with E-state index in [2.05, 4.69) is 35.3 Å². The number of nitrogens with zero attached hydrogens (tertiary/aromatic N) is 5. The Morgan fingerprint density at radius 3 is 2.75 bits per heavy atom. The van der Waals surface area contributed by atoms with Gasteiger partial charge >= 0.3 is 0 Å². The molecular weight excluding hydrogens is 378 g/mol. The molecule has 0 atom stereocenters. The van der Waals surface area contributed by atoms with Gasteiger partial charge in [-0.25, -0.2) is 4.98 Å². The summed E-state index contributed by atoms with van der Waals surface area (Å²) >= 11 is 1.38. The summed E-state index contributed by atoms with van der Waals surface area (Å²) in [5.74, 6) is 1.72. The second-order valence-electron chi connectivity index (χ2n) is 6.79. The van der Waals surface area contributed by atoms with E-state index in [0.29, 0.717) is 11.7 Å². The van der Waals surface area contributed by atoms with Gasteiger partial charge in [-0.15, -0.1) is 10.2 Å². The Labute approximate surface area is 166 Å². The van der Waals surface area contributed by atoms with Crippen LogP contribution in [0.4, 0.5) is 5.13 Å². The molecule has 0 spiro atoms. The summed E-state index contributed by atoms with van der Waals surface area (Å²) in [6.45, 7) is 6.48. The van der Waals surface area contributed by atoms with Gasteiger partial charge in [-0.05, 0) is 19.1 Å². The third-order valence-corrected chi connectivity index (χ3v) is 5.47. The number of aryl methyl sites for hydroxylation is 1. The quantitative estimate of drug-likeness (QED) is 0.645. The van der Waals surface area contributed by atoms with E-state index >= 15 is 0 Å². The molecule has 28 heavy (non-hydrogen) atoms. The number of hydrogen-bond donors (Lipinski definition) is 2. The first-order valence-electron chi connectivity index (χ1n) is 9.16. The number of aromatic amines is 1. The second-order valence-corrected chi connectivity index (χ2v) is 7.97. The predicted octanol–water partition coefficient (Wildman–Crippen LogP) is 1.49. The summed E-state index contributed by atoms with van der Waals surface area (Å²) in [7, 11) is 1.66. The van der Waals surface area contributed by atoms with Gasteiger partial charge in [-0.1, -0.05) is 11.3 Å². The van der Waals surface area contributed by atoms with Gasteiger partial charge in [0.1, 0.15) is 16.6 Å². The number of piperazine rings is 1. The van der Waals surface area contributed by atoms with Crippen LogP contribution < -0.4 is 10.1 Å². The Morgan fingerprint density at radius 2 is 2.04 bits per heavy atom. The van der Waals surface area contributed by atoms with Crippen LogP contribution in [0.5, 0.6) is 5.75 Å². The van der Waals surface area contributed by atoms with Crippen LogP contribution in [0.1, 0.15) is 10.8 Å². The number of methoxy groups -OCH3 is 1. The molecule has 1 aliphatic heterocycles. The van der Waals surface area contributed by atoms with Crippen LogP contribution in [0.3, 0.4) is 0 Å². The van der Waals surface area contributed by atoms with Crippen molar-refractivity contribution in [2.45, 2.75) is 13.5 Å². The van der Waals surface area contributed by atoms with Gasteiger partial charge in [0, 0.05) is 32.2 Å². The molecule has 2 N–H and O–H groups in total. The number of imidazole rings is 1. The molecule has 0 bridgehead atoms. The Hall–Kier alpha value is -2.56. The Kier molecular flexibility index (Phi) is 5.51. The molecule has 2 aromatic heterocycles. The average Bonchev–Trinajstić information content (AvgIpc) is 3.27. The highest BCUT2D eigenvalue weighted by Crippen LogP contribution is 2.19. The van der Waals surface area contributed by atoms with E-state index in [1.54, 1.807) is 7.11 Å². The number of H-pyrrole nitrogens is 1. The molecule has 10 heteroatoms. The number of amides is 1. The highest BCUT2D eigenvalue weighted by Gasteiger charge is 2.20. The van der Waals surface area contributed by atoms with E-state index in [0.717, 1.165) is 60.3 Å². The second kappa shape index (κ2) is 8.21. The third-order valence-electron chi connectivity index (χ3n) is 4.72. The van der Waals surface area contributed by atoms with Crippen LogP contribution >= 0.6 is 11.3 Å². The van der Waals surface area contributed by atoms with E-state index in [9.17, 15) is 4.79 Å². The lowest BCUT2D eigenvalue weighted by Gasteiger charge is -2.33. The summed E-state index contributed by atoms with van der Waals surface area (Å²) in [5.41, 5.74) is 1.93. The van der Waals surface area contributed by atoms with Crippen molar-refractivity contribution in [1.29, 1.82) is 0 Å². The molecular formula is C18H23N7O2S. The molecule has 1 aromatic carbocycles. The summed E-state index contributed by atoms with van der Waals surface area (Å²) in [6.07, 6.45) is 0. The summed E-state index contributed by atoms with van der Waals surface area (Å²) in [5, 5.41) is 12.0. The molecule has 4 rings (SSSR count). The van der Waals surface area contributed by atoms with E-state index in [1.807, 2.05) is 25.1 Å². The van der Waals surface area contributed by atoms with Crippen LogP contribution in [0.15, 0.2) is 18.2 Å². The SMILES string of the molecule is COc1ccc2nc(CN3CCN(CC(=O)Nc4nnc(C)s4)CC3)[nH]c2c1. The number of ether oxygens (including phenoxy) is 1. The van der Waals surface area contributed by atoms with Crippen molar-refractivity contribution in [3.63, 3.8) is 0 Å². The monoisotopic (exact) mass is 401 g/mol. The number of anilines is 1. The molecule has 3 aromatic rings. The number of carbonyl (C=O) groups is 1. The van der Waals surface area contributed by atoms with Crippen molar-refractivity contribution in [2.24, 2.45) is 0 Å². The predicted molar refractivity (Wildman–Crippen MR) is 108 cm³/mol. The molecule has 0 aliphatic carbocycles. The molecule has 9 nitrogen and oxygen atoms in total. The lowest BCUT2D eigenvalue weighted by molar-refractivity contribution is -0.117. The van der Waals surface area contributed by atoms with E-state index in [4.69, 9.17) is 4.74 Å². The zero-order valence-corrected chi connectivity index (χ0v) is 16.8. The maximum absolute atomic E-state index is 12.2. The van der Waals surface area contributed by atoms with Crippen LogP contribution in [0, 0.1) is 6.92 Å². The molecule has 1 saturated heterocycles. The Bertz CT molecular complexity index is 962. The van der Waals surface area contributed by atoms with Gasteiger partial charge in [0.2, 0.25) is 11.0 Å². The first kappa shape index (κ1) is 18.8. The Morgan fingerprint density at radius 1 is 1.25 bits per heavy atom. The maximum atomic E-state index is 12.2. The molecule has 1 aliphatic rings. The summed E-state index contributed by atoms with van der Waals surface area (Å²) < 4.78 is 5.26. The number of hydrogen-bond acceptors (Lipinski definition) is 8. The largest absolute Gasteiger partial charge is 0.497 e. The van der Waals surface area contributed by atoms with Crippen molar-refractivity contribution in [3.8, 4) is 5.75 Å². The van der Waals surface area contributed by atoms with Crippen LogP contribution in [0.25, 0.3) is 11.0 Å². The smallest absolute Gasteiger partial charge is 0.240 e. The van der Waals surface area contributed by atoms with Crippen molar-refractivity contribution in [2.75, 3.05) is 45.2 Å². The standard InChI is InChI=1S/C18H23N7O2S/c1-12-22-23-18(28-12)21-17(26)11-25-7-5-24(6-8-25)10-16-19-14-4-3-13(27-2)9-15(14)20-16/h3-4,9H,5-8,10-11H2,1-2H3,(H,19,20)(H,21,23,26). The molecule has 1 amide bonds. The fraction of sp³-hybridized carbons (Fsp3) is 0.444. The summed E-state index contributed by atoms with van der Waals surface area (Å²) in [4.78, 5) is 24.7. The zero-order valence-electron chi connectivity index (χ0n) is 15.9. The lowest BCUT2D eigenvalue weighted by atomic mass is 10.3. The molecule has 0 saturated carbocycles. The number of benzene rings is 1. The Balaban J connectivity index is 1.26. The van der Waals surface area contributed by atoms with Crippen molar-refractivity contribution >= 4 is 33.4 Å². The van der Waals surface area contributed by atoms with Gasteiger partial charge in [0.25, 0.3) is 0 Å². The lowest BCUT2D eigenvalue weighted by Crippen LogP contribution is -2.48. The molecule has 148 valence electrons. The highest BCUT2D eigenvalue weighted by molar-refractivity contribution is 7.15. The summed E-state index contributed by atoms with van der Waals surface area (Å²) in [6, 6.07) is 5.84. The van der Waals surface area contributed by atoms with E-state index in [-0.39, 0.29) is 5.91 Å². The number of fused-ring (bicyclic) bond motifs is 1. The fourth-order valence-corrected chi connectivity index (χ4v) is 3.88. The fourth-order valence-electron chi connectivity index (χ4n) is 3.27. The molecule has 3 heterocycles. The number of nitrogens with one attached hydrogen (secondary N) is 2. The van der Waals surface area contributed by atoms with Crippen molar-refractivity contribution < 1.29 is 9.53 Å². The first-order chi connectivity index (χ1) is 13.6. The van der Waals surface area contributed by atoms with Gasteiger partial charge in [-0.2, -0.15) is 0 Å². The number of aromatic nitrogens is 4. The van der Waals surface area contributed by atoms with Gasteiger partial charge in [0.05, 0.1) is 31.2 Å². The maximum Gasteiger partial charge on any atom is 0.240 e. The van der Waals surface area contributed by atoms with E-state index < -0.39 is 0 Å². The average molecular weight is 401 g/mol. The highest BCUT2D eigenvalue weighted by atomic mass is 32.1. The zero-order chi connectivity index (χ0) is 19.5. The minimum Gasteiger partial charge on any atom is -0.497 e. The molecule has 0 radical (unpaired) electrons. The van der Waals surface area contributed by atoms with Gasteiger partial charge in [0.15, 0.2) is 0 Å². The van der Waals surface area contributed by atoms with E-state index in [1.165, 1.54) is 11.3 Å². The minimum absolute atomic E-state index is 0.0455. The van der Waals surface area contributed by atoms with Gasteiger partial charge < -0.3 is 9.72 Å². The van der Waals surface area contributed by atoms with Gasteiger partial charge in [-0.3, -0.25) is 19.9 Å². The number of carbonyl (C=O) groups excluding carboxylic acids is 1. The first-order valence-corrected chi connectivity index (χ1v) is 9.98. The topological polar surface area (TPSA) is 99.3 Å². The minimum atomic E-state index is -0.0455. The molecule has 1 fully saturated rings. The molecule has 0 unspecified atom stereocenters. The van der Waals surface area contributed by atoms with Crippen LogP contribution in [-0.2, 0) is 11.3 Å².